The van der Waals surface area contributed by atoms with Crippen molar-refractivity contribution in [3.8, 4) is 17.0 Å². The van der Waals surface area contributed by atoms with E-state index in [1.165, 1.54) is 42.5 Å². The van der Waals surface area contributed by atoms with Crippen molar-refractivity contribution in [3.05, 3.63) is 59.9 Å². The van der Waals surface area contributed by atoms with Crippen LogP contribution in [0.2, 0.25) is 0 Å². The quantitative estimate of drug-likeness (QED) is 0.436. The van der Waals surface area contributed by atoms with Gasteiger partial charge in [-0.05, 0) is 49.2 Å². The number of nitrogen functional groups attached to an aromatic ring is 1. The van der Waals surface area contributed by atoms with Gasteiger partial charge in [0.05, 0.1) is 24.4 Å². The molecule has 9 nitrogen and oxygen atoms in total. The highest BCUT2D eigenvalue weighted by molar-refractivity contribution is 7.90. The number of sulfonamides is 1. The SMILES string of the molecule is CC(C)COc1cc(F)cc(-c2ccc(C(=O)NS(=O)(=O)c3cccc(N)n3)c(N3C[C@H](F)C[C@H]3C)n2)c1. The van der Waals surface area contributed by atoms with Crippen LogP contribution in [0, 0.1) is 11.7 Å². The van der Waals surface area contributed by atoms with Crippen molar-refractivity contribution in [2.24, 2.45) is 5.92 Å². The number of nitrogens with two attached hydrogens (primary N) is 1. The number of ether oxygens (including phenoxy) is 1. The number of halogens is 2. The largest absolute Gasteiger partial charge is 0.493 e. The number of carbonyl (C=O) groups excluding carboxylic acids is 1. The molecule has 1 aromatic carbocycles. The van der Waals surface area contributed by atoms with E-state index in [1.807, 2.05) is 18.6 Å². The smallest absolute Gasteiger partial charge is 0.281 e. The number of aromatic nitrogens is 2. The molecule has 0 unspecified atom stereocenters. The monoisotopic (exact) mass is 545 g/mol. The number of anilines is 2. The summed E-state index contributed by atoms with van der Waals surface area (Å²) in [6, 6.07) is 10.7. The Morgan fingerprint density at radius 1 is 1.21 bits per heavy atom. The number of hydrogen-bond donors (Lipinski definition) is 2. The maximum Gasteiger partial charge on any atom is 0.281 e. The average molecular weight is 546 g/mol. The summed E-state index contributed by atoms with van der Waals surface area (Å²) in [6.07, 6.45) is -0.942. The van der Waals surface area contributed by atoms with Crippen molar-refractivity contribution in [1.29, 1.82) is 0 Å². The van der Waals surface area contributed by atoms with Gasteiger partial charge >= 0.3 is 0 Å². The maximum absolute atomic E-state index is 14.4. The number of carbonyl (C=O) groups is 1. The van der Waals surface area contributed by atoms with Crippen molar-refractivity contribution in [1.82, 2.24) is 14.7 Å². The van der Waals surface area contributed by atoms with Gasteiger partial charge in [-0.3, -0.25) is 4.79 Å². The third-order valence-corrected chi connectivity index (χ3v) is 7.15. The highest BCUT2D eigenvalue weighted by Gasteiger charge is 2.33. The summed E-state index contributed by atoms with van der Waals surface area (Å²) in [7, 11) is -4.36. The van der Waals surface area contributed by atoms with Gasteiger partial charge in [0.15, 0.2) is 5.03 Å². The minimum absolute atomic E-state index is 0.0289. The number of hydrogen-bond acceptors (Lipinski definition) is 8. The fourth-order valence-corrected chi connectivity index (χ4v) is 5.07. The van der Waals surface area contributed by atoms with Gasteiger partial charge in [-0.25, -0.2) is 23.5 Å². The van der Waals surface area contributed by atoms with Gasteiger partial charge in [0.1, 0.15) is 29.4 Å². The fraction of sp³-hybridized carbons (Fsp3) is 0.346. The van der Waals surface area contributed by atoms with Gasteiger partial charge in [0.25, 0.3) is 15.9 Å². The summed E-state index contributed by atoms with van der Waals surface area (Å²) in [5.74, 6) is -0.911. The molecule has 1 saturated heterocycles. The van der Waals surface area contributed by atoms with Crippen LogP contribution in [0.1, 0.15) is 37.6 Å². The number of benzene rings is 1. The van der Waals surface area contributed by atoms with Crippen LogP contribution in [0.4, 0.5) is 20.4 Å². The zero-order chi connectivity index (χ0) is 27.6. The zero-order valence-corrected chi connectivity index (χ0v) is 22.0. The van der Waals surface area contributed by atoms with Crippen molar-refractivity contribution >= 4 is 27.6 Å². The van der Waals surface area contributed by atoms with Crippen LogP contribution in [0.5, 0.6) is 5.75 Å². The topological polar surface area (TPSA) is 128 Å². The highest BCUT2D eigenvalue weighted by Crippen LogP contribution is 2.32. The Morgan fingerprint density at radius 2 is 1.97 bits per heavy atom. The number of pyridine rings is 2. The van der Waals surface area contributed by atoms with Crippen molar-refractivity contribution in [2.75, 3.05) is 23.8 Å². The van der Waals surface area contributed by atoms with Crippen LogP contribution in [-0.4, -0.2) is 49.7 Å². The van der Waals surface area contributed by atoms with E-state index in [4.69, 9.17) is 10.5 Å². The second-order valence-electron chi connectivity index (χ2n) is 9.62. The number of alkyl halides is 1. The molecule has 202 valence electrons. The lowest BCUT2D eigenvalue weighted by atomic mass is 10.1. The Bertz CT molecular complexity index is 1450. The second-order valence-corrected chi connectivity index (χ2v) is 11.2. The van der Waals surface area contributed by atoms with Crippen LogP contribution in [-0.2, 0) is 10.0 Å². The lowest BCUT2D eigenvalue weighted by Gasteiger charge is -2.25. The van der Waals surface area contributed by atoms with E-state index in [0.29, 0.717) is 23.6 Å². The van der Waals surface area contributed by atoms with E-state index in [-0.39, 0.29) is 42.1 Å². The molecule has 3 aromatic rings. The lowest BCUT2D eigenvalue weighted by molar-refractivity contribution is 0.0981. The van der Waals surface area contributed by atoms with E-state index in [2.05, 4.69) is 9.97 Å². The summed E-state index contributed by atoms with van der Waals surface area (Å²) < 4.78 is 62.0. The predicted octanol–water partition coefficient (Wildman–Crippen LogP) is 3.96. The summed E-state index contributed by atoms with van der Waals surface area (Å²) in [5, 5.41) is -0.427. The molecule has 4 rings (SSSR count). The molecule has 1 fully saturated rings. The molecule has 2 atom stereocenters. The molecule has 38 heavy (non-hydrogen) atoms. The maximum atomic E-state index is 14.4. The zero-order valence-electron chi connectivity index (χ0n) is 21.2. The molecule has 0 bridgehead atoms. The molecule has 0 aliphatic carbocycles. The Kier molecular flexibility index (Phi) is 7.81. The van der Waals surface area contributed by atoms with Crippen LogP contribution >= 0.6 is 0 Å². The number of amides is 1. The van der Waals surface area contributed by atoms with Gasteiger partial charge in [-0.1, -0.05) is 19.9 Å². The van der Waals surface area contributed by atoms with Crippen molar-refractivity contribution in [2.45, 2.75) is 44.4 Å². The van der Waals surface area contributed by atoms with E-state index in [1.54, 1.807) is 17.9 Å². The molecule has 3 heterocycles. The normalized spacial score (nSPS) is 17.6. The Hall–Kier alpha value is -3.80. The summed E-state index contributed by atoms with van der Waals surface area (Å²) in [4.78, 5) is 23.1. The Labute approximate surface area is 220 Å². The summed E-state index contributed by atoms with van der Waals surface area (Å²) >= 11 is 0. The first-order chi connectivity index (χ1) is 17.9. The molecule has 0 saturated carbocycles. The Balaban J connectivity index is 1.73. The third kappa shape index (κ3) is 6.18. The molecule has 0 spiro atoms. The second kappa shape index (κ2) is 10.9. The van der Waals surface area contributed by atoms with Gasteiger partial charge in [-0.15, -0.1) is 0 Å². The van der Waals surface area contributed by atoms with Crippen molar-refractivity contribution < 1.29 is 26.7 Å². The standard InChI is InChI=1S/C26H29F2N5O4S/c1-15(2)14-37-20-11-17(10-18(27)12-20)22-8-7-21(25(30-22)33-13-19(28)9-16(33)3)26(34)32-38(35,36)24-6-4-5-23(29)31-24/h4-8,10-12,15-16,19H,9,13-14H2,1-3H3,(H2,29,31)(H,32,34)/t16-,19-/m1/s1. The average Bonchev–Trinajstić information content (AvgIpc) is 3.19. The molecular weight excluding hydrogens is 516 g/mol. The molecule has 1 amide bonds. The molecule has 3 N–H and O–H groups in total. The van der Waals surface area contributed by atoms with E-state index < -0.39 is 32.9 Å². The first-order valence-corrected chi connectivity index (χ1v) is 13.6. The minimum Gasteiger partial charge on any atom is -0.493 e. The fourth-order valence-electron chi connectivity index (χ4n) is 4.13. The number of nitrogens with zero attached hydrogens (tertiary/aromatic N) is 3. The van der Waals surface area contributed by atoms with Gasteiger partial charge < -0.3 is 15.4 Å². The van der Waals surface area contributed by atoms with E-state index in [0.717, 1.165) is 0 Å². The lowest BCUT2D eigenvalue weighted by Crippen LogP contribution is -2.35. The number of rotatable bonds is 8. The number of nitrogens with one attached hydrogen (secondary N) is 1. The van der Waals surface area contributed by atoms with E-state index >= 15 is 0 Å². The molecular formula is C26H29F2N5O4S. The molecule has 1 aliphatic heterocycles. The molecule has 0 radical (unpaired) electrons. The van der Waals surface area contributed by atoms with Crippen LogP contribution in [0.15, 0.2) is 53.6 Å². The first-order valence-electron chi connectivity index (χ1n) is 12.1. The van der Waals surface area contributed by atoms with Crippen LogP contribution in [0.25, 0.3) is 11.3 Å². The molecule has 12 heteroatoms. The van der Waals surface area contributed by atoms with Crippen LogP contribution < -0.4 is 20.1 Å². The van der Waals surface area contributed by atoms with Crippen LogP contribution in [0.3, 0.4) is 0 Å². The van der Waals surface area contributed by atoms with Crippen molar-refractivity contribution in [3.63, 3.8) is 0 Å². The van der Waals surface area contributed by atoms with Gasteiger partial charge in [0.2, 0.25) is 0 Å². The highest BCUT2D eigenvalue weighted by atomic mass is 32.2. The summed E-state index contributed by atoms with van der Waals surface area (Å²) in [5.41, 5.74) is 6.19. The molecule has 2 aromatic heterocycles. The predicted molar refractivity (Wildman–Crippen MR) is 140 cm³/mol. The van der Waals surface area contributed by atoms with Gasteiger partial charge in [0, 0.05) is 24.1 Å². The van der Waals surface area contributed by atoms with E-state index in [9.17, 15) is 22.0 Å². The minimum atomic E-state index is -4.36. The van der Waals surface area contributed by atoms with Gasteiger partial charge in [-0.2, -0.15) is 8.42 Å². The summed E-state index contributed by atoms with van der Waals surface area (Å²) in [6.45, 7) is 6.07. The first kappa shape index (κ1) is 27.2. The third-order valence-electron chi connectivity index (χ3n) is 5.91. The molecule has 1 aliphatic rings. The Morgan fingerprint density at radius 3 is 2.63 bits per heavy atom.